The summed E-state index contributed by atoms with van der Waals surface area (Å²) in [5.74, 6) is -2.70. The van der Waals surface area contributed by atoms with E-state index in [2.05, 4.69) is 10.6 Å². The van der Waals surface area contributed by atoms with Gasteiger partial charge in [-0.3, -0.25) is 19.2 Å². The Morgan fingerprint density at radius 1 is 1.11 bits per heavy atom. The molecule has 2 atom stereocenters. The average molecular weight is 397 g/mol. The van der Waals surface area contributed by atoms with Crippen molar-refractivity contribution in [2.24, 2.45) is 5.73 Å². The molecule has 1 aromatic carbocycles. The molecular weight excluding hydrogens is 374 g/mol. The van der Waals surface area contributed by atoms with E-state index in [1.54, 1.807) is 0 Å². The summed E-state index contributed by atoms with van der Waals surface area (Å²) in [6.45, 7) is -0.557. The normalized spacial score (nSPS) is 12.6. The highest BCUT2D eigenvalue weighted by Gasteiger charge is 2.22. The second-order valence-electron chi connectivity index (χ2n) is 5.72. The first-order chi connectivity index (χ1) is 12.8. The van der Waals surface area contributed by atoms with Crippen LogP contribution >= 0.6 is 11.8 Å². The van der Waals surface area contributed by atoms with Crippen LogP contribution in [0.5, 0.6) is 0 Å². The van der Waals surface area contributed by atoms with Gasteiger partial charge in [0.25, 0.3) is 0 Å². The molecule has 9 nitrogen and oxygen atoms in total. The van der Waals surface area contributed by atoms with Crippen LogP contribution in [0.15, 0.2) is 30.3 Å². The van der Waals surface area contributed by atoms with Gasteiger partial charge < -0.3 is 26.6 Å². The molecule has 0 fully saturated rings. The van der Waals surface area contributed by atoms with Gasteiger partial charge in [0.2, 0.25) is 11.8 Å². The molecule has 0 radical (unpaired) electrons. The maximum absolute atomic E-state index is 12.2. The summed E-state index contributed by atoms with van der Waals surface area (Å²) in [4.78, 5) is 45.4. The molecular formula is C17H23N3O6S. The van der Waals surface area contributed by atoms with E-state index >= 15 is 0 Å². The Bertz CT molecular complexity index is 655. The van der Waals surface area contributed by atoms with Gasteiger partial charge in [0.05, 0.1) is 0 Å². The van der Waals surface area contributed by atoms with Crippen LogP contribution in [0.25, 0.3) is 0 Å². The number of carboxylic acids is 2. The second kappa shape index (κ2) is 11.9. The summed E-state index contributed by atoms with van der Waals surface area (Å²) in [7, 11) is 0. The van der Waals surface area contributed by atoms with Gasteiger partial charge in [0.1, 0.15) is 18.6 Å². The summed E-state index contributed by atoms with van der Waals surface area (Å²) in [5.41, 5.74) is 6.40. The fourth-order valence-corrected chi connectivity index (χ4v) is 3.03. The third kappa shape index (κ3) is 9.61. The number of hydrogen-bond donors (Lipinski definition) is 5. The van der Waals surface area contributed by atoms with Crippen LogP contribution in [0.4, 0.5) is 0 Å². The minimum atomic E-state index is -1.21. The topological polar surface area (TPSA) is 159 Å². The number of thioether (sulfide) groups is 1. The molecule has 1 aromatic rings. The molecule has 0 aliphatic rings. The predicted octanol–water partition coefficient (Wildman–Crippen LogP) is -0.202. The zero-order chi connectivity index (χ0) is 20.2. The number of aliphatic carboxylic acids is 2. The number of nitrogens with one attached hydrogen (secondary N) is 2. The SMILES string of the molecule is N[C@@H](CCC(=O)N[C@H](CSCc1ccccc1)C(=O)NCC(=O)O)C(=O)O. The number of carbonyl (C=O) groups is 4. The lowest BCUT2D eigenvalue weighted by Crippen LogP contribution is -2.49. The molecule has 0 heterocycles. The van der Waals surface area contributed by atoms with Crippen LogP contribution in [0.2, 0.25) is 0 Å². The largest absolute Gasteiger partial charge is 0.480 e. The summed E-state index contributed by atoms with van der Waals surface area (Å²) in [6, 6.07) is 7.42. The molecule has 2 amide bonds. The lowest BCUT2D eigenvalue weighted by molar-refractivity contribution is -0.139. The second-order valence-corrected chi connectivity index (χ2v) is 6.75. The van der Waals surface area contributed by atoms with Gasteiger partial charge in [-0.15, -0.1) is 0 Å². The molecule has 0 aliphatic heterocycles. The standard InChI is InChI=1S/C17H23N3O6S/c18-12(17(25)26)6-7-14(21)20-13(16(24)19-8-15(22)23)10-27-9-11-4-2-1-3-5-11/h1-5,12-13H,6-10,18H2,(H,19,24)(H,20,21)(H,22,23)(H,25,26)/t12-,13+/m0/s1. The van der Waals surface area contributed by atoms with Gasteiger partial charge in [0, 0.05) is 17.9 Å². The van der Waals surface area contributed by atoms with Crippen molar-refractivity contribution in [3.05, 3.63) is 35.9 Å². The van der Waals surface area contributed by atoms with Crippen LogP contribution in [-0.2, 0) is 24.9 Å². The molecule has 0 unspecified atom stereocenters. The van der Waals surface area contributed by atoms with Crippen molar-refractivity contribution >= 4 is 35.5 Å². The van der Waals surface area contributed by atoms with Crippen LogP contribution in [0.3, 0.4) is 0 Å². The molecule has 0 bridgehead atoms. The van der Waals surface area contributed by atoms with Crippen molar-refractivity contribution in [3.8, 4) is 0 Å². The van der Waals surface area contributed by atoms with Crippen LogP contribution in [-0.4, -0.2) is 58.3 Å². The molecule has 1 rings (SSSR count). The van der Waals surface area contributed by atoms with Crippen LogP contribution < -0.4 is 16.4 Å². The number of hydrogen-bond acceptors (Lipinski definition) is 6. The number of carboxylic acid groups (broad SMARTS) is 2. The van der Waals surface area contributed by atoms with Gasteiger partial charge in [-0.1, -0.05) is 30.3 Å². The Morgan fingerprint density at radius 2 is 1.78 bits per heavy atom. The first-order valence-electron chi connectivity index (χ1n) is 8.18. The molecule has 0 saturated carbocycles. The Labute approximate surface area is 160 Å². The monoisotopic (exact) mass is 397 g/mol. The van der Waals surface area contributed by atoms with E-state index in [0.29, 0.717) is 5.75 Å². The first-order valence-corrected chi connectivity index (χ1v) is 9.34. The van der Waals surface area contributed by atoms with Gasteiger partial charge in [-0.25, -0.2) is 0 Å². The zero-order valence-corrected chi connectivity index (χ0v) is 15.4. The summed E-state index contributed by atoms with van der Waals surface area (Å²) in [6.07, 6.45) is -0.221. The molecule has 6 N–H and O–H groups in total. The third-order valence-corrected chi connectivity index (χ3v) is 4.57. The van der Waals surface area contributed by atoms with Crippen molar-refractivity contribution < 1.29 is 29.4 Å². The third-order valence-electron chi connectivity index (χ3n) is 3.46. The van der Waals surface area contributed by atoms with E-state index in [-0.39, 0.29) is 18.6 Å². The lowest BCUT2D eigenvalue weighted by Gasteiger charge is -2.18. The molecule has 0 aliphatic carbocycles. The fourth-order valence-electron chi connectivity index (χ4n) is 2.01. The minimum absolute atomic E-state index is 0.0677. The molecule has 0 spiro atoms. The Kier molecular flexibility index (Phi) is 9.91. The number of nitrogens with two attached hydrogens (primary N) is 1. The summed E-state index contributed by atoms with van der Waals surface area (Å²) in [5, 5.41) is 22.1. The van der Waals surface area contributed by atoms with E-state index < -0.39 is 42.4 Å². The molecule has 27 heavy (non-hydrogen) atoms. The van der Waals surface area contributed by atoms with Gasteiger partial charge >= 0.3 is 11.9 Å². The average Bonchev–Trinajstić information content (AvgIpc) is 2.64. The smallest absolute Gasteiger partial charge is 0.322 e. The Morgan fingerprint density at radius 3 is 2.37 bits per heavy atom. The maximum atomic E-state index is 12.2. The first kappa shape index (κ1) is 22.5. The Hall–Kier alpha value is -2.59. The zero-order valence-electron chi connectivity index (χ0n) is 14.6. The van der Waals surface area contributed by atoms with Crippen molar-refractivity contribution in [1.82, 2.24) is 10.6 Å². The number of carbonyl (C=O) groups excluding carboxylic acids is 2. The molecule has 0 aromatic heterocycles. The van der Waals surface area contributed by atoms with Crippen molar-refractivity contribution in [2.45, 2.75) is 30.7 Å². The highest BCUT2D eigenvalue weighted by Crippen LogP contribution is 2.13. The highest BCUT2D eigenvalue weighted by atomic mass is 32.2. The van der Waals surface area contributed by atoms with E-state index in [9.17, 15) is 19.2 Å². The summed E-state index contributed by atoms with van der Waals surface area (Å²) < 4.78 is 0. The quantitative estimate of drug-likeness (QED) is 0.324. The van der Waals surface area contributed by atoms with Gasteiger partial charge in [0.15, 0.2) is 0 Å². The van der Waals surface area contributed by atoms with Gasteiger partial charge in [-0.2, -0.15) is 11.8 Å². The van der Waals surface area contributed by atoms with Gasteiger partial charge in [-0.05, 0) is 12.0 Å². The maximum Gasteiger partial charge on any atom is 0.322 e. The van der Waals surface area contributed by atoms with Crippen molar-refractivity contribution in [1.29, 1.82) is 0 Å². The molecule has 10 heteroatoms. The van der Waals surface area contributed by atoms with E-state index in [1.807, 2.05) is 30.3 Å². The predicted molar refractivity (Wildman–Crippen MR) is 100 cm³/mol. The van der Waals surface area contributed by atoms with E-state index in [0.717, 1.165) is 5.56 Å². The minimum Gasteiger partial charge on any atom is -0.480 e. The van der Waals surface area contributed by atoms with E-state index in [4.69, 9.17) is 15.9 Å². The van der Waals surface area contributed by atoms with E-state index in [1.165, 1.54) is 11.8 Å². The molecule has 148 valence electrons. The number of rotatable bonds is 12. The number of amides is 2. The van der Waals surface area contributed by atoms with Crippen molar-refractivity contribution in [2.75, 3.05) is 12.3 Å². The lowest BCUT2D eigenvalue weighted by atomic mass is 10.1. The summed E-state index contributed by atoms with van der Waals surface area (Å²) >= 11 is 1.41. The fraction of sp³-hybridized carbons (Fsp3) is 0.412. The molecule has 0 saturated heterocycles. The van der Waals surface area contributed by atoms with Crippen LogP contribution in [0, 0.1) is 0 Å². The van der Waals surface area contributed by atoms with Crippen LogP contribution in [0.1, 0.15) is 18.4 Å². The Balaban J connectivity index is 2.58. The highest BCUT2D eigenvalue weighted by molar-refractivity contribution is 7.98. The van der Waals surface area contributed by atoms with Crippen molar-refractivity contribution in [3.63, 3.8) is 0 Å². The number of benzene rings is 1.